The lowest BCUT2D eigenvalue weighted by molar-refractivity contribution is 0.666. The van der Waals surface area contributed by atoms with Crippen LogP contribution in [0.15, 0.2) is 42.6 Å². The van der Waals surface area contributed by atoms with E-state index in [-0.39, 0.29) is 6.04 Å². The predicted octanol–water partition coefficient (Wildman–Crippen LogP) is 2.30. The van der Waals surface area contributed by atoms with Crippen molar-refractivity contribution in [2.75, 3.05) is 0 Å². The van der Waals surface area contributed by atoms with Crippen LogP contribution in [0, 0.1) is 11.3 Å². The highest BCUT2D eigenvalue weighted by molar-refractivity contribution is 5.33. The molecule has 0 radical (unpaired) electrons. The van der Waals surface area contributed by atoms with E-state index in [0.29, 0.717) is 5.56 Å². The normalized spacial score (nSPS) is 12.1. The molecule has 0 saturated carbocycles. The van der Waals surface area contributed by atoms with Crippen molar-refractivity contribution in [1.82, 2.24) is 4.57 Å². The average Bonchev–Trinajstić information content (AvgIpc) is 2.76. The molecule has 0 saturated heterocycles. The van der Waals surface area contributed by atoms with E-state index in [2.05, 4.69) is 22.9 Å². The Morgan fingerprint density at radius 2 is 2.17 bits per heavy atom. The molecule has 3 nitrogen and oxygen atoms in total. The number of nitrogens with two attached hydrogens (primary N) is 1. The summed E-state index contributed by atoms with van der Waals surface area (Å²) in [5, 5.41) is 8.89. The van der Waals surface area contributed by atoms with Gasteiger partial charge < -0.3 is 10.3 Å². The number of hydrogen-bond donors (Lipinski definition) is 1. The number of rotatable bonds is 4. The Kier molecular flexibility index (Phi) is 3.81. The third kappa shape index (κ3) is 2.99. The molecule has 2 aromatic rings. The zero-order valence-electron chi connectivity index (χ0n) is 10.5. The van der Waals surface area contributed by atoms with Gasteiger partial charge in [-0.15, -0.1) is 0 Å². The zero-order chi connectivity index (χ0) is 13.0. The van der Waals surface area contributed by atoms with Crippen LogP contribution in [0.25, 0.3) is 0 Å². The Hall–Kier alpha value is -2.05. The molecule has 0 spiro atoms. The van der Waals surface area contributed by atoms with Gasteiger partial charge in [-0.25, -0.2) is 0 Å². The maximum Gasteiger partial charge on any atom is 0.0991 e. The summed E-state index contributed by atoms with van der Waals surface area (Å²) in [4.78, 5) is 0. The monoisotopic (exact) mass is 239 g/mol. The van der Waals surface area contributed by atoms with Crippen LogP contribution in [-0.4, -0.2) is 10.6 Å². The molecule has 0 aliphatic carbocycles. The van der Waals surface area contributed by atoms with Crippen LogP contribution in [0.1, 0.15) is 23.7 Å². The van der Waals surface area contributed by atoms with Crippen molar-refractivity contribution in [3.05, 3.63) is 59.4 Å². The van der Waals surface area contributed by atoms with Gasteiger partial charge in [-0.05, 0) is 36.8 Å². The van der Waals surface area contributed by atoms with Gasteiger partial charge in [0.25, 0.3) is 0 Å². The zero-order valence-corrected chi connectivity index (χ0v) is 10.5. The summed E-state index contributed by atoms with van der Waals surface area (Å²) in [6.07, 6.45) is 2.92. The van der Waals surface area contributed by atoms with Crippen LogP contribution in [0.3, 0.4) is 0 Å². The van der Waals surface area contributed by atoms with Gasteiger partial charge in [0.05, 0.1) is 11.6 Å². The van der Waals surface area contributed by atoms with Gasteiger partial charge >= 0.3 is 0 Å². The van der Waals surface area contributed by atoms with Gasteiger partial charge in [0.2, 0.25) is 0 Å². The SMILES string of the molecule is CC(N)Cc1cccn1Cc1cccc(C#N)c1. The molecule has 1 aromatic carbocycles. The molecule has 1 unspecified atom stereocenters. The fourth-order valence-corrected chi connectivity index (χ4v) is 2.05. The van der Waals surface area contributed by atoms with Crippen LogP contribution in [0.2, 0.25) is 0 Å². The Labute approximate surface area is 107 Å². The highest BCUT2D eigenvalue weighted by Crippen LogP contribution is 2.11. The van der Waals surface area contributed by atoms with Gasteiger partial charge in [-0.1, -0.05) is 12.1 Å². The number of benzene rings is 1. The van der Waals surface area contributed by atoms with E-state index in [9.17, 15) is 0 Å². The summed E-state index contributed by atoms with van der Waals surface area (Å²) in [6.45, 7) is 2.79. The third-order valence-corrected chi connectivity index (χ3v) is 2.86. The summed E-state index contributed by atoms with van der Waals surface area (Å²) in [5.41, 5.74) is 8.90. The molecule has 1 heterocycles. The fourth-order valence-electron chi connectivity index (χ4n) is 2.05. The Morgan fingerprint density at radius 1 is 1.33 bits per heavy atom. The first-order valence-corrected chi connectivity index (χ1v) is 6.07. The quantitative estimate of drug-likeness (QED) is 0.890. The van der Waals surface area contributed by atoms with E-state index in [0.717, 1.165) is 18.5 Å². The lowest BCUT2D eigenvalue weighted by Crippen LogP contribution is -2.20. The molecule has 0 fully saturated rings. The van der Waals surface area contributed by atoms with Gasteiger partial charge in [0.1, 0.15) is 0 Å². The lowest BCUT2D eigenvalue weighted by atomic mass is 10.1. The molecule has 3 heteroatoms. The molecule has 0 aliphatic rings. The molecular weight excluding hydrogens is 222 g/mol. The molecule has 2 N–H and O–H groups in total. The predicted molar refractivity (Wildman–Crippen MR) is 72.0 cm³/mol. The van der Waals surface area contributed by atoms with E-state index in [1.165, 1.54) is 5.69 Å². The first-order valence-electron chi connectivity index (χ1n) is 6.07. The standard InChI is InChI=1S/C15H17N3/c1-12(17)8-15-6-3-7-18(15)11-14-5-2-4-13(9-14)10-16/h2-7,9,12H,8,11,17H2,1H3. The molecule has 1 atom stereocenters. The Bertz CT molecular complexity index is 561. The second-order valence-corrected chi connectivity index (χ2v) is 4.62. The summed E-state index contributed by atoms with van der Waals surface area (Å²) in [6, 6.07) is 14.2. The van der Waals surface area contributed by atoms with Crippen LogP contribution >= 0.6 is 0 Å². The Balaban J connectivity index is 2.18. The molecule has 92 valence electrons. The minimum atomic E-state index is 0.157. The van der Waals surface area contributed by atoms with Crippen molar-refractivity contribution in [2.45, 2.75) is 25.9 Å². The molecule has 2 rings (SSSR count). The highest BCUT2D eigenvalue weighted by atomic mass is 15.0. The lowest BCUT2D eigenvalue weighted by Gasteiger charge is -2.11. The average molecular weight is 239 g/mol. The number of nitriles is 1. The van der Waals surface area contributed by atoms with Gasteiger partial charge in [0, 0.05) is 30.9 Å². The third-order valence-electron chi connectivity index (χ3n) is 2.86. The molecule has 1 aromatic heterocycles. The van der Waals surface area contributed by atoms with Crippen molar-refractivity contribution in [2.24, 2.45) is 5.73 Å². The maximum atomic E-state index is 8.89. The number of hydrogen-bond acceptors (Lipinski definition) is 2. The molecule has 0 bridgehead atoms. The van der Waals surface area contributed by atoms with E-state index in [1.807, 2.05) is 37.3 Å². The van der Waals surface area contributed by atoms with Crippen LogP contribution < -0.4 is 5.73 Å². The van der Waals surface area contributed by atoms with E-state index < -0.39 is 0 Å². The fraction of sp³-hybridized carbons (Fsp3) is 0.267. The van der Waals surface area contributed by atoms with E-state index >= 15 is 0 Å². The van der Waals surface area contributed by atoms with Crippen LogP contribution in [-0.2, 0) is 13.0 Å². The van der Waals surface area contributed by atoms with Crippen LogP contribution in [0.5, 0.6) is 0 Å². The second kappa shape index (κ2) is 5.52. The summed E-state index contributed by atoms with van der Waals surface area (Å²) >= 11 is 0. The van der Waals surface area contributed by atoms with Gasteiger partial charge in [0.15, 0.2) is 0 Å². The van der Waals surface area contributed by atoms with Crippen molar-refractivity contribution < 1.29 is 0 Å². The van der Waals surface area contributed by atoms with Crippen molar-refractivity contribution >= 4 is 0 Å². The topological polar surface area (TPSA) is 54.7 Å². The molecular formula is C15H17N3. The summed E-state index contributed by atoms with van der Waals surface area (Å²) < 4.78 is 2.18. The maximum absolute atomic E-state index is 8.89. The summed E-state index contributed by atoms with van der Waals surface area (Å²) in [7, 11) is 0. The second-order valence-electron chi connectivity index (χ2n) is 4.62. The summed E-state index contributed by atoms with van der Waals surface area (Å²) in [5.74, 6) is 0. The molecule has 0 aliphatic heterocycles. The van der Waals surface area contributed by atoms with Crippen LogP contribution in [0.4, 0.5) is 0 Å². The molecule has 18 heavy (non-hydrogen) atoms. The minimum absolute atomic E-state index is 0.157. The first kappa shape index (κ1) is 12.4. The van der Waals surface area contributed by atoms with Crippen molar-refractivity contribution in [1.29, 1.82) is 5.26 Å². The number of aromatic nitrogens is 1. The minimum Gasteiger partial charge on any atom is -0.347 e. The first-order chi connectivity index (χ1) is 8.69. The largest absolute Gasteiger partial charge is 0.347 e. The van der Waals surface area contributed by atoms with Crippen molar-refractivity contribution in [3.63, 3.8) is 0 Å². The molecule has 0 amide bonds. The highest BCUT2D eigenvalue weighted by Gasteiger charge is 2.04. The van der Waals surface area contributed by atoms with Crippen molar-refractivity contribution in [3.8, 4) is 6.07 Å². The number of nitrogens with zero attached hydrogens (tertiary/aromatic N) is 2. The van der Waals surface area contributed by atoms with E-state index in [4.69, 9.17) is 11.0 Å². The Morgan fingerprint density at radius 3 is 2.89 bits per heavy atom. The smallest absolute Gasteiger partial charge is 0.0991 e. The van der Waals surface area contributed by atoms with E-state index in [1.54, 1.807) is 0 Å². The van der Waals surface area contributed by atoms with Gasteiger partial charge in [-0.2, -0.15) is 5.26 Å². The van der Waals surface area contributed by atoms with Gasteiger partial charge in [-0.3, -0.25) is 0 Å².